The van der Waals surface area contributed by atoms with Crippen LogP contribution < -0.4 is 23.7 Å². The van der Waals surface area contributed by atoms with Crippen LogP contribution in [-0.2, 0) is 17.6 Å². The zero-order valence-corrected chi connectivity index (χ0v) is 20.0. The van der Waals surface area contributed by atoms with E-state index in [4.69, 9.17) is 28.4 Å². The first kappa shape index (κ1) is 26.6. The lowest BCUT2D eigenvalue weighted by Crippen LogP contribution is -2.60. The van der Waals surface area contributed by atoms with Gasteiger partial charge in [0.05, 0.1) is 35.0 Å². The highest BCUT2D eigenvalue weighted by Gasteiger charge is 2.45. The molecular weight excluding hydrogens is 464 g/mol. The average Bonchev–Trinajstić information content (AvgIpc) is 2.88. The highest BCUT2D eigenvalue weighted by atomic mass is 16.7. The van der Waals surface area contributed by atoms with E-state index >= 15 is 0 Å². The van der Waals surface area contributed by atoms with Crippen molar-refractivity contribution in [2.24, 2.45) is 0 Å². The molecule has 0 unspecified atom stereocenters. The van der Waals surface area contributed by atoms with Gasteiger partial charge in [0.2, 0.25) is 17.8 Å². The smallest absolute Gasteiger partial charge is 0.229 e. The number of hydrogen-bond donors (Lipinski definition) is 5. The van der Waals surface area contributed by atoms with Gasteiger partial charge in [0.25, 0.3) is 0 Å². The summed E-state index contributed by atoms with van der Waals surface area (Å²) >= 11 is 0. The van der Waals surface area contributed by atoms with Crippen molar-refractivity contribution in [1.29, 1.82) is 0 Å². The third-order valence-electron chi connectivity index (χ3n) is 5.89. The van der Waals surface area contributed by atoms with E-state index in [9.17, 15) is 25.5 Å². The predicted octanol–water partition coefficient (Wildman–Crippen LogP) is 0.390. The number of phenols is 1. The summed E-state index contributed by atoms with van der Waals surface area (Å²) in [5.41, 5.74) is 1.41. The van der Waals surface area contributed by atoms with Crippen molar-refractivity contribution >= 4 is 0 Å². The molecule has 0 bridgehead atoms. The Morgan fingerprint density at radius 3 is 1.94 bits per heavy atom. The van der Waals surface area contributed by atoms with E-state index in [0.29, 0.717) is 35.7 Å². The summed E-state index contributed by atoms with van der Waals surface area (Å²) in [6.07, 6.45) is -6.57. The van der Waals surface area contributed by atoms with E-state index in [0.717, 1.165) is 5.56 Å². The Morgan fingerprint density at radius 2 is 1.40 bits per heavy atom. The molecular formula is C24H32O11. The van der Waals surface area contributed by atoms with Crippen LogP contribution in [0, 0.1) is 0 Å². The minimum atomic E-state index is -1.64. The van der Waals surface area contributed by atoms with Gasteiger partial charge < -0.3 is 54.0 Å². The summed E-state index contributed by atoms with van der Waals surface area (Å²) in [5.74, 6) is 1.23. The number of aromatic hydroxyl groups is 1. The number of methoxy groups -OCH3 is 4. The summed E-state index contributed by atoms with van der Waals surface area (Å²) < 4.78 is 32.6. The maximum Gasteiger partial charge on any atom is 0.229 e. The number of hydrogen-bond acceptors (Lipinski definition) is 11. The van der Waals surface area contributed by atoms with Crippen LogP contribution in [0.15, 0.2) is 24.3 Å². The van der Waals surface area contributed by atoms with Gasteiger partial charge in [-0.05, 0) is 42.2 Å². The maximum absolute atomic E-state index is 10.8. The first-order chi connectivity index (χ1) is 16.8. The molecule has 2 aromatic rings. The first-order valence-electron chi connectivity index (χ1n) is 10.9. The van der Waals surface area contributed by atoms with Crippen LogP contribution in [0.3, 0.4) is 0 Å². The van der Waals surface area contributed by atoms with Gasteiger partial charge in [-0.1, -0.05) is 6.07 Å². The van der Waals surface area contributed by atoms with E-state index in [1.165, 1.54) is 28.4 Å². The molecule has 0 aliphatic carbocycles. The zero-order chi connectivity index (χ0) is 25.7. The fraction of sp³-hybridized carbons (Fsp3) is 0.500. The van der Waals surface area contributed by atoms with E-state index in [1.807, 2.05) is 12.1 Å². The van der Waals surface area contributed by atoms with Gasteiger partial charge in [-0.15, -0.1) is 0 Å². The molecule has 1 fully saturated rings. The van der Waals surface area contributed by atoms with E-state index in [1.54, 1.807) is 12.1 Å². The second-order valence-corrected chi connectivity index (χ2v) is 7.95. The molecule has 2 aromatic carbocycles. The SMILES string of the molecule is COc1ccc(CCc2cc(OC)c(OC)c(OC)c2)c(O[C@H]2O[C@@H](CO)[C@H](O)[C@@H](O)[C@@H]2O)c1O. The lowest BCUT2D eigenvalue weighted by Gasteiger charge is -2.39. The van der Waals surface area contributed by atoms with Crippen molar-refractivity contribution in [2.75, 3.05) is 35.0 Å². The number of aliphatic hydroxyl groups excluding tert-OH is 4. The second kappa shape index (κ2) is 11.6. The Morgan fingerprint density at radius 1 is 0.771 bits per heavy atom. The molecule has 0 aromatic heterocycles. The van der Waals surface area contributed by atoms with Crippen LogP contribution >= 0.6 is 0 Å². The van der Waals surface area contributed by atoms with Gasteiger partial charge in [0, 0.05) is 0 Å². The summed E-state index contributed by atoms with van der Waals surface area (Å²) in [6, 6.07) is 6.88. The fourth-order valence-corrected chi connectivity index (χ4v) is 3.93. The number of aryl methyl sites for hydroxylation is 2. The lowest BCUT2D eigenvalue weighted by atomic mass is 9.99. The molecule has 11 heteroatoms. The molecule has 3 rings (SSSR count). The Kier molecular flexibility index (Phi) is 8.87. The van der Waals surface area contributed by atoms with E-state index < -0.39 is 37.3 Å². The molecule has 35 heavy (non-hydrogen) atoms. The standard InChI is InChI=1S/C24H32O11/c1-30-14-8-7-13(6-5-12-9-15(31-2)23(33-4)16(10-12)32-3)22(19(14)27)35-24-21(29)20(28)18(26)17(11-25)34-24/h7-10,17-18,20-21,24-29H,5-6,11H2,1-4H3/t17-,18-,20+,21-,24+/m0/s1. The van der Waals surface area contributed by atoms with Crippen LogP contribution in [0.4, 0.5) is 0 Å². The third-order valence-corrected chi connectivity index (χ3v) is 5.89. The van der Waals surface area contributed by atoms with Gasteiger partial charge >= 0.3 is 0 Å². The summed E-state index contributed by atoms with van der Waals surface area (Å²) in [6.45, 7) is -0.608. The van der Waals surface area contributed by atoms with Crippen molar-refractivity contribution in [3.05, 3.63) is 35.4 Å². The summed E-state index contributed by atoms with van der Waals surface area (Å²) in [4.78, 5) is 0. The fourth-order valence-electron chi connectivity index (χ4n) is 3.93. The molecule has 5 atom stereocenters. The Bertz CT molecular complexity index is 969. The van der Waals surface area contributed by atoms with Crippen LogP contribution in [0.1, 0.15) is 11.1 Å². The molecule has 0 saturated carbocycles. The van der Waals surface area contributed by atoms with Crippen LogP contribution in [-0.4, -0.2) is 91.3 Å². The van der Waals surface area contributed by atoms with Crippen molar-refractivity contribution < 1.29 is 54.0 Å². The average molecular weight is 497 g/mol. The third kappa shape index (κ3) is 5.49. The lowest BCUT2D eigenvalue weighted by molar-refractivity contribution is -0.277. The number of ether oxygens (including phenoxy) is 6. The molecule has 0 amide bonds. The Hall–Kier alpha value is -2.96. The highest BCUT2D eigenvalue weighted by molar-refractivity contribution is 5.56. The van der Waals surface area contributed by atoms with Gasteiger partial charge in [-0.25, -0.2) is 0 Å². The molecule has 0 radical (unpaired) electrons. The number of rotatable bonds is 10. The molecule has 0 spiro atoms. The van der Waals surface area contributed by atoms with Crippen molar-refractivity contribution in [3.8, 4) is 34.5 Å². The number of phenolic OH excluding ortho intramolecular Hbond substituents is 1. The van der Waals surface area contributed by atoms with E-state index in [-0.39, 0.29) is 17.2 Å². The van der Waals surface area contributed by atoms with Crippen molar-refractivity contribution in [2.45, 2.75) is 43.5 Å². The topological polar surface area (TPSA) is 157 Å². The Labute approximate surface area is 203 Å². The second-order valence-electron chi connectivity index (χ2n) is 7.95. The number of benzene rings is 2. The molecule has 11 nitrogen and oxygen atoms in total. The van der Waals surface area contributed by atoms with Gasteiger partial charge in [-0.2, -0.15) is 0 Å². The molecule has 1 saturated heterocycles. The summed E-state index contributed by atoms with van der Waals surface area (Å²) in [7, 11) is 5.94. The van der Waals surface area contributed by atoms with Gasteiger partial charge in [0.15, 0.2) is 23.0 Å². The van der Waals surface area contributed by atoms with Crippen LogP contribution in [0.5, 0.6) is 34.5 Å². The van der Waals surface area contributed by atoms with Crippen molar-refractivity contribution in [1.82, 2.24) is 0 Å². The summed E-state index contributed by atoms with van der Waals surface area (Å²) in [5, 5.41) is 50.7. The van der Waals surface area contributed by atoms with E-state index in [2.05, 4.69) is 0 Å². The van der Waals surface area contributed by atoms with Gasteiger partial charge in [-0.3, -0.25) is 0 Å². The Balaban J connectivity index is 1.90. The normalized spacial score (nSPS) is 24.1. The number of aliphatic hydroxyl groups is 4. The van der Waals surface area contributed by atoms with Crippen LogP contribution in [0.2, 0.25) is 0 Å². The largest absolute Gasteiger partial charge is 0.502 e. The van der Waals surface area contributed by atoms with Gasteiger partial charge in [0.1, 0.15) is 24.4 Å². The zero-order valence-electron chi connectivity index (χ0n) is 20.0. The monoisotopic (exact) mass is 496 g/mol. The van der Waals surface area contributed by atoms with Crippen LogP contribution in [0.25, 0.3) is 0 Å². The molecule has 5 N–H and O–H groups in total. The quantitative estimate of drug-likeness (QED) is 0.310. The molecule has 1 heterocycles. The predicted molar refractivity (Wildman–Crippen MR) is 123 cm³/mol. The maximum atomic E-state index is 10.8. The highest BCUT2D eigenvalue weighted by Crippen LogP contribution is 2.42. The minimum absolute atomic E-state index is 0.0267. The minimum Gasteiger partial charge on any atom is -0.502 e. The molecule has 1 aliphatic rings. The molecule has 194 valence electrons. The first-order valence-corrected chi connectivity index (χ1v) is 10.9. The molecule has 1 aliphatic heterocycles. The van der Waals surface area contributed by atoms with Crippen molar-refractivity contribution in [3.63, 3.8) is 0 Å².